The van der Waals surface area contributed by atoms with E-state index in [4.69, 9.17) is 0 Å². The van der Waals surface area contributed by atoms with Crippen molar-refractivity contribution in [1.29, 1.82) is 0 Å². The standard InChI is InChI=1S/C21H29N5OS/c1-25-14-9-19(24-20(27)7-6-17-5-2-3-11-22-17)21(25)10-4-13-26(16-21)15-18-8-12-23-28-18/h2-3,5,8,11-12,19H,4,6-7,9-10,13-16H2,1H3,(H,24,27). The number of carbonyl (C=O) groups excluding carboxylic acids is 1. The molecule has 1 amide bonds. The number of hydrogen-bond donors (Lipinski definition) is 1. The van der Waals surface area contributed by atoms with Crippen molar-refractivity contribution in [2.75, 3.05) is 26.7 Å². The van der Waals surface area contributed by atoms with Crippen molar-refractivity contribution < 1.29 is 4.79 Å². The number of nitrogens with one attached hydrogen (secondary N) is 1. The largest absolute Gasteiger partial charge is 0.351 e. The maximum absolute atomic E-state index is 12.7. The zero-order chi connectivity index (χ0) is 19.4. The van der Waals surface area contributed by atoms with Crippen LogP contribution in [0.5, 0.6) is 0 Å². The van der Waals surface area contributed by atoms with Crippen LogP contribution in [0.2, 0.25) is 0 Å². The lowest BCUT2D eigenvalue weighted by Crippen LogP contribution is -2.63. The fourth-order valence-corrected chi connectivity index (χ4v) is 5.39. The average Bonchev–Trinajstić information content (AvgIpc) is 3.32. The Hall–Kier alpha value is -1.83. The van der Waals surface area contributed by atoms with E-state index in [9.17, 15) is 4.79 Å². The van der Waals surface area contributed by atoms with Crippen molar-refractivity contribution >= 4 is 17.4 Å². The molecule has 0 aromatic carbocycles. The third kappa shape index (κ3) is 4.26. The van der Waals surface area contributed by atoms with E-state index in [0.717, 1.165) is 44.7 Å². The zero-order valence-electron chi connectivity index (χ0n) is 16.5. The normalized spacial score (nSPS) is 26.0. The Morgan fingerprint density at radius 2 is 2.25 bits per heavy atom. The number of pyridine rings is 1. The molecule has 0 aliphatic carbocycles. The zero-order valence-corrected chi connectivity index (χ0v) is 17.3. The van der Waals surface area contributed by atoms with Gasteiger partial charge in [0.15, 0.2) is 0 Å². The molecule has 2 aliphatic rings. The van der Waals surface area contributed by atoms with Crippen LogP contribution >= 0.6 is 11.5 Å². The third-order valence-electron chi connectivity index (χ3n) is 6.28. The average molecular weight is 400 g/mol. The molecule has 2 unspecified atom stereocenters. The van der Waals surface area contributed by atoms with E-state index in [-0.39, 0.29) is 17.5 Å². The molecule has 7 heteroatoms. The van der Waals surface area contributed by atoms with Crippen LogP contribution in [0.1, 0.15) is 36.3 Å². The molecule has 0 bridgehead atoms. The van der Waals surface area contributed by atoms with Gasteiger partial charge in [0.1, 0.15) is 0 Å². The summed E-state index contributed by atoms with van der Waals surface area (Å²) in [7, 11) is 2.22. The van der Waals surface area contributed by atoms with Gasteiger partial charge in [0.05, 0.1) is 5.54 Å². The first-order valence-corrected chi connectivity index (χ1v) is 11.0. The van der Waals surface area contributed by atoms with Gasteiger partial charge in [-0.2, -0.15) is 0 Å². The van der Waals surface area contributed by atoms with E-state index in [1.807, 2.05) is 24.4 Å². The molecule has 4 rings (SSSR count). The van der Waals surface area contributed by atoms with Crippen LogP contribution in [0.15, 0.2) is 36.7 Å². The van der Waals surface area contributed by atoms with Crippen LogP contribution in [0.3, 0.4) is 0 Å². The second-order valence-corrected chi connectivity index (χ2v) is 8.97. The Morgan fingerprint density at radius 3 is 3.04 bits per heavy atom. The number of likely N-dealkylation sites (N-methyl/N-ethyl adjacent to an activating group) is 1. The molecule has 2 aliphatic heterocycles. The van der Waals surface area contributed by atoms with E-state index in [1.165, 1.54) is 11.3 Å². The van der Waals surface area contributed by atoms with Gasteiger partial charge in [-0.1, -0.05) is 6.07 Å². The summed E-state index contributed by atoms with van der Waals surface area (Å²) in [6, 6.07) is 8.19. The molecule has 6 nitrogen and oxygen atoms in total. The van der Waals surface area contributed by atoms with Gasteiger partial charge in [-0.15, -0.1) is 0 Å². The van der Waals surface area contributed by atoms with Crippen LogP contribution in [-0.4, -0.2) is 63.3 Å². The number of aromatic nitrogens is 2. The minimum Gasteiger partial charge on any atom is -0.351 e. The number of rotatable bonds is 6. The second kappa shape index (κ2) is 8.68. The molecule has 1 N–H and O–H groups in total. The van der Waals surface area contributed by atoms with Crippen molar-refractivity contribution in [3.8, 4) is 0 Å². The molecule has 2 aromatic rings. The predicted octanol–water partition coefficient (Wildman–Crippen LogP) is 2.33. The molecule has 28 heavy (non-hydrogen) atoms. The van der Waals surface area contributed by atoms with Crippen molar-refractivity contribution in [3.05, 3.63) is 47.2 Å². The van der Waals surface area contributed by atoms with Crippen LogP contribution in [0.25, 0.3) is 0 Å². The highest BCUT2D eigenvalue weighted by Gasteiger charge is 2.49. The van der Waals surface area contributed by atoms with E-state index in [0.29, 0.717) is 12.8 Å². The maximum atomic E-state index is 12.7. The summed E-state index contributed by atoms with van der Waals surface area (Å²) < 4.78 is 4.23. The summed E-state index contributed by atoms with van der Waals surface area (Å²) in [5.74, 6) is 0.143. The van der Waals surface area contributed by atoms with Gasteiger partial charge in [0.2, 0.25) is 5.91 Å². The lowest BCUT2D eigenvalue weighted by molar-refractivity contribution is -0.122. The fraction of sp³-hybridized carbons (Fsp3) is 0.571. The highest BCUT2D eigenvalue weighted by Crippen LogP contribution is 2.37. The molecule has 2 atom stereocenters. The first-order chi connectivity index (χ1) is 13.7. The maximum Gasteiger partial charge on any atom is 0.220 e. The predicted molar refractivity (Wildman–Crippen MR) is 111 cm³/mol. The summed E-state index contributed by atoms with van der Waals surface area (Å²) in [4.78, 5) is 23.3. The van der Waals surface area contributed by atoms with Crippen molar-refractivity contribution in [1.82, 2.24) is 24.5 Å². The summed E-state index contributed by atoms with van der Waals surface area (Å²) in [5, 5.41) is 3.37. The van der Waals surface area contributed by atoms with Gasteiger partial charge in [0.25, 0.3) is 0 Å². The number of piperidine rings is 1. The van der Waals surface area contributed by atoms with E-state index >= 15 is 0 Å². The third-order valence-corrected chi connectivity index (χ3v) is 7.01. The fourth-order valence-electron chi connectivity index (χ4n) is 4.77. The van der Waals surface area contributed by atoms with Crippen molar-refractivity contribution in [2.24, 2.45) is 0 Å². The molecule has 2 saturated heterocycles. The molecular formula is C21H29N5OS. The van der Waals surface area contributed by atoms with Crippen LogP contribution in [0.4, 0.5) is 0 Å². The number of amides is 1. The Kier molecular flexibility index (Phi) is 6.04. The lowest BCUT2D eigenvalue weighted by Gasteiger charge is -2.48. The Bertz CT molecular complexity index is 768. The number of nitrogens with zero attached hydrogens (tertiary/aromatic N) is 4. The number of hydrogen-bond acceptors (Lipinski definition) is 6. The molecule has 1 spiro atoms. The quantitative estimate of drug-likeness (QED) is 0.808. The summed E-state index contributed by atoms with van der Waals surface area (Å²) >= 11 is 1.58. The second-order valence-electron chi connectivity index (χ2n) is 8.05. The lowest BCUT2D eigenvalue weighted by atomic mass is 9.82. The number of likely N-dealkylation sites (tertiary alicyclic amines) is 2. The minimum absolute atomic E-state index is 0.0452. The molecule has 4 heterocycles. The van der Waals surface area contributed by atoms with Gasteiger partial charge >= 0.3 is 0 Å². The highest BCUT2D eigenvalue weighted by molar-refractivity contribution is 7.05. The van der Waals surface area contributed by atoms with Gasteiger partial charge in [-0.05, 0) is 69.0 Å². The van der Waals surface area contributed by atoms with Crippen LogP contribution in [-0.2, 0) is 17.8 Å². The number of aryl methyl sites for hydroxylation is 1. The topological polar surface area (TPSA) is 61.4 Å². The first-order valence-electron chi connectivity index (χ1n) is 10.2. The Labute approximate surface area is 171 Å². The van der Waals surface area contributed by atoms with E-state index < -0.39 is 0 Å². The Balaban J connectivity index is 1.38. The minimum atomic E-state index is 0.0452. The van der Waals surface area contributed by atoms with E-state index in [1.54, 1.807) is 17.7 Å². The summed E-state index contributed by atoms with van der Waals surface area (Å²) in [5.41, 5.74) is 1.02. The van der Waals surface area contributed by atoms with Crippen molar-refractivity contribution in [3.63, 3.8) is 0 Å². The van der Waals surface area contributed by atoms with Crippen molar-refractivity contribution in [2.45, 2.75) is 50.2 Å². The molecule has 0 saturated carbocycles. The van der Waals surface area contributed by atoms with Crippen LogP contribution in [0, 0.1) is 0 Å². The highest BCUT2D eigenvalue weighted by atomic mass is 32.1. The SMILES string of the molecule is CN1CCC(NC(=O)CCc2ccccn2)C12CCCN(Cc1ccns1)C2. The molecule has 150 valence electrons. The van der Waals surface area contributed by atoms with E-state index in [2.05, 4.69) is 37.6 Å². The molecule has 2 aromatic heterocycles. The molecule has 0 radical (unpaired) electrons. The van der Waals surface area contributed by atoms with Gasteiger partial charge in [0, 0.05) is 55.1 Å². The van der Waals surface area contributed by atoms with Gasteiger partial charge in [-0.25, -0.2) is 4.37 Å². The van der Waals surface area contributed by atoms with Gasteiger partial charge in [-0.3, -0.25) is 19.6 Å². The van der Waals surface area contributed by atoms with Crippen LogP contribution < -0.4 is 5.32 Å². The summed E-state index contributed by atoms with van der Waals surface area (Å²) in [6.07, 6.45) is 8.20. The number of carbonyl (C=O) groups is 1. The summed E-state index contributed by atoms with van der Waals surface area (Å²) in [6.45, 7) is 4.13. The molecule has 2 fully saturated rings. The smallest absolute Gasteiger partial charge is 0.220 e. The van der Waals surface area contributed by atoms with Gasteiger partial charge < -0.3 is 5.32 Å². The monoisotopic (exact) mass is 399 g/mol. The first kappa shape index (κ1) is 19.5. The Morgan fingerprint density at radius 1 is 1.32 bits per heavy atom. The molecular weight excluding hydrogens is 370 g/mol.